The number of hydrogen-bond donors (Lipinski definition) is 2. The molecule has 0 radical (unpaired) electrons. The van der Waals surface area contributed by atoms with Crippen molar-refractivity contribution in [2.75, 3.05) is 13.1 Å². The molecule has 2 atom stereocenters. The van der Waals surface area contributed by atoms with E-state index < -0.39 is 16.1 Å². The van der Waals surface area contributed by atoms with Crippen LogP contribution >= 0.6 is 0 Å². The molecule has 1 amide bonds. The molecule has 9 heteroatoms. The summed E-state index contributed by atoms with van der Waals surface area (Å²) in [6.07, 6.45) is 1.76. The Hall–Kier alpha value is -1.45. The maximum absolute atomic E-state index is 12.6. The molecule has 2 heterocycles. The van der Waals surface area contributed by atoms with Crippen LogP contribution in [0.5, 0.6) is 0 Å². The number of amides is 1. The molecule has 2 unspecified atom stereocenters. The molecule has 0 spiro atoms. The van der Waals surface area contributed by atoms with E-state index in [1.807, 2.05) is 0 Å². The van der Waals surface area contributed by atoms with Gasteiger partial charge in [0.05, 0.1) is 17.4 Å². The molecule has 1 aromatic rings. The average molecular weight is 343 g/mol. The van der Waals surface area contributed by atoms with E-state index in [-0.39, 0.29) is 16.8 Å². The molecule has 23 heavy (non-hydrogen) atoms. The van der Waals surface area contributed by atoms with Gasteiger partial charge in [-0.2, -0.15) is 9.82 Å². The van der Waals surface area contributed by atoms with Gasteiger partial charge in [-0.3, -0.25) is 9.48 Å². The van der Waals surface area contributed by atoms with Gasteiger partial charge in [-0.15, -0.1) is 0 Å². The van der Waals surface area contributed by atoms with Crippen molar-refractivity contribution in [2.45, 2.75) is 50.6 Å². The van der Waals surface area contributed by atoms with Gasteiger partial charge in [-0.1, -0.05) is 0 Å². The molecule has 3 N–H and O–H groups in total. The van der Waals surface area contributed by atoms with Gasteiger partial charge in [-0.25, -0.2) is 8.42 Å². The van der Waals surface area contributed by atoms with Crippen LogP contribution in [0.2, 0.25) is 0 Å². The second kappa shape index (κ2) is 6.58. The number of likely N-dealkylation sites (tertiary alicyclic amines) is 1. The number of rotatable bonds is 5. The number of nitrogens with zero attached hydrogens (tertiary/aromatic N) is 3. The van der Waals surface area contributed by atoms with Crippen LogP contribution in [0.15, 0.2) is 4.90 Å². The van der Waals surface area contributed by atoms with Crippen LogP contribution in [-0.4, -0.2) is 54.2 Å². The molecule has 1 aliphatic heterocycles. The van der Waals surface area contributed by atoms with E-state index in [0.717, 1.165) is 12.8 Å². The molecule has 1 aromatic heterocycles. The van der Waals surface area contributed by atoms with Crippen molar-refractivity contribution in [1.82, 2.24) is 19.4 Å². The third-order valence-electron chi connectivity index (χ3n) is 4.35. The Morgan fingerprint density at radius 3 is 2.65 bits per heavy atom. The fraction of sp³-hybridized carbons (Fsp3) is 0.714. The highest BCUT2D eigenvalue weighted by Gasteiger charge is 2.33. The third kappa shape index (κ3) is 3.41. The van der Waals surface area contributed by atoms with E-state index in [1.54, 1.807) is 32.7 Å². The molecule has 0 bridgehead atoms. The highest BCUT2D eigenvalue weighted by atomic mass is 32.2. The average Bonchev–Trinajstić information content (AvgIpc) is 3.02. The summed E-state index contributed by atoms with van der Waals surface area (Å²) in [5.74, 6) is -0.235. The normalized spacial score (nSPS) is 20.0. The van der Waals surface area contributed by atoms with E-state index in [2.05, 4.69) is 9.82 Å². The SMILES string of the molecule is Cc1nn(C)c(C)c1S(=O)(=O)NC(C)C(=O)N1CCCC1CN. The fourth-order valence-electron chi connectivity index (χ4n) is 3.10. The summed E-state index contributed by atoms with van der Waals surface area (Å²) >= 11 is 0. The molecule has 1 fully saturated rings. The lowest BCUT2D eigenvalue weighted by molar-refractivity contribution is -0.133. The molecule has 1 saturated heterocycles. The Balaban J connectivity index is 2.18. The maximum atomic E-state index is 12.6. The smallest absolute Gasteiger partial charge is 0.244 e. The van der Waals surface area contributed by atoms with E-state index in [1.165, 1.54) is 4.68 Å². The largest absolute Gasteiger partial charge is 0.337 e. The van der Waals surface area contributed by atoms with E-state index in [9.17, 15) is 13.2 Å². The summed E-state index contributed by atoms with van der Waals surface area (Å²) in [7, 11) is -2.12. The van der Waals surface area contributed by atoms with Gasteiger partial charge in [0.15, 0.2) is 0 Å². The third-order valence-corrected chi connectivity index (χ3v) is 6.14. The van der Waals surface area contributed by atoms with Gasteiger partial charge < -0.3 is 10.6 Å². The van der Waals surface area contributed by atoms with Gasteiger partial charge in [0.25, 0.3) is 0 Å². The Labute approximate surface area is 137 Å². The summed E-state index contributed by atoms with van der Waals surface area (Å²) in [6.45, 7) is 5.90. The van der Waals surface area contributed by atoms with Gasteiger partial charge in [0.2, 0.25) is 15.9 Å². The molecule has 8 nitrogen and oxygen atoms in total. The van der Waals surface area contributed by atoms with E-state index in [4.69, 9.17) is 5.73 Å². The Morgan fingerprint density at radius 2 is 2.13 bits per heavy atom. The van der Waals surface area contributed by atoms with Gasteiger partial charge >= 0.3 is 0 Å². The fourth-order valence-corrected chi connectivity index (χ4v) is 4.74. The van der Waals surface area contributed by atoms with Crippen molar-refractivity contribution in [3.63, 3.8) is 0 Å². The van der Waals surface area contributed by atoms with Gasteiger partial charge in [-0.05, 0) is 33.6 Å². The Morgan fingerprint density at radius 1 is 1.48 bits per heavy atom. The Kier molecular flexibility index (Phi) is 5.12. The second-order valence-corrected chi connectivity index (χ2v) is 7.68. The lowest BCUT2D eigenvalue weighted by Gasteiger charge is -2.26. The zero-order valence-electron chi connectivity index (χ0n) is 14.0. The van der Waals surface area contributed by atoms with E-state index in [0.29, 0.717) is 24.5 Å². The van der Waals surface area contributed by atoms with Crippen LogP contribution in [0.4, 0.5) is 0 Å². The molecule has 0 aromatic carbocycles. The van der Waals surface area contributed by atoms with Crippen molar-refractivity contribution >= 4 is 15.9 Å². The minimum Gasteiger partial charge on any atom is -0.337 e. The van der Waals surface area contributed by atoms with Crippen molar-refractivity contribution < 1.29 is 13.2 Å². The predicted octanol–water partition coefficient (Wildman–Crippen LogP) is -0.347. The number of carbonyl (C=O) groups excluding carboxylic acids is 1. The van der Waals surface area contributed by atoms with Crippen LogP contribution in [0.3, 0.4) is 0 Å². The van der Waals surface area contributed by atoms with Crippen LogP contribution < -0.4 is 10.5 Å². The molecule has 0 aliphatic carbocycles. The summed E-state index contributed by atoms with van der Waals surface area (Å²) in [5, 5.41) is 4.12. The lowest BCUT2D eigenvalue weighted by Crippen LogP contribution is -2.50. The topological polar surface area (TPSA) is 110 Å². The minimum atomic E-state index is -3.81. The number of carbonyl (C=O) groups is 1. The van der Waals surface area contributed by atoms with Crippen LogP contribution in [0.1, 0.15) is 31.2 Å². The minimum absolute atomic E-state index is 0.00341. The number of nitrogens with one attached hydrogen (secondary N) is 1. The van der Waals surface area contributed by atoms with Crippen molar-refractivity contribution in [2.24, 2.45) is 12.8 Å². The zero-order chi connectivity index (χ0) is 17.4. The highest BCUT2D eigenvalue weighted by Crippen LogP contribution is 2.20. The Bertz CT molecular complexity index is 698. The first-order valence-electron chi connectivity index (χ1n) is 7.72. The molecule has 1 aliphatic rings. The first-order valence-corrected chi connectivity index (χ1v) is 9.20. The summed E-state index contributed by atoms with van der Waals surface area (Å²) in [4.78, 5) is 14.3. The van der Waals surface area contributed by atoms with Crippen LogP contribution in [-0.2, 0) is 21.9 Å². The van der Waals surface area contributed by atoms with Gasteiger partial charge in [0.1, 0.15) is 4.90 Å². The number of hydrogen-bond acceptors (Lipinski definition) is 5. The van der Waals surface area contributed by atoms with E-state index >= 15 is 0 Å². The first kappa shape index (κ1) is 17.9. The number of sulfonamides is 1. The number of nitrogens with two attached hydrogens (primary N) is 1. The number of aryl methyl sites for hydroxylation is 2. The monoisotopic (exact) mass is 343 g/mol. The number of aromatic nitrogens is 2. The zero-order valence-corrected chi connectivity index (χ0v) is 14.9. The lowest BCUT2D eigenvalue weighted by atomic mass is 10.2. The summed E-state index contributed by atoms with van der Waals surface area (Å²) in [6, 6.07) is -0.845. The molecule has 2 rings (SSSR count). The summed E-state index contributed by atoms with van der Waals surface area (Å²) in [5.41, 5.74) is 6.63. The maximum Gasteiger partial charge on any atom is 0.244 e. The van der Waals surface area contributed by atoms with Gasteiger partial charge in [0, 0.05) is 26.2 Å². The quantitative estimate of drug-likeness (QED) is 0.759. The molecular weight excluding hydrogens is 318 g/mol. The van der Waals surface area contributed by atoms with Crippen molar-refractivity contribution in [3.8, 4) is 0 Å². The van der Waals surface area contributed by atoms with Crippen molar-refractivity contribution in [3.05, 3.63) is 11.4 Å². The second-order valence-electron chi connectivity index (χ2n) is 6.03. The molecular formula is C14H25N5O3S. The molecule has 130 valence electrons. The van der Waals surface area contributed by atoms with Crippen LogP contribution in [0.25, 0.3) is 0 Å². The predicted molar refractivity (Wildman–Crippen MR) is 86.3 cm³/mol. The van der Waals surface area contributed by atoms with Crippen LogP contribution in [0, 0.1) is 13.8 Å². The highest BCUT2D eigenvalue weighted by molar-refractivity contribution is 7.89. The van der Waals surface area contributed by atoms with Crippen molar-refractivity contribution in [1.29, 1.82) is 0 Å². The molecule has 0 saturated carbocycles. The first-order chi connectivity index (χ1) is 10.7. The summed E-state index contributed by atoms with van der Waals surface area (Å²) < 4.78 is 29.2. The standard InChI is InChI=1S/C14H25N5O3S/c1-9-13(11(3)18(4)16-9)23(21,22)17-10(2)14(20)19-7-5-6-12(19)8-15/h10,12,17H,5-8,15H2,1-4H3.